The van der Waals surface area contributed by atoms with Crippen LogP contribution in [0.15, 0.2) is 66.1 Å². The molecule has 11 nitrogen and oxygen atoms in total. The van der Waals surface area contributed by atoms with E-state index >= 15 is 8.78 Å². The molecule has 2 aromatic carbocycles. The van der Waals surface area contributed by atoms with Gasteiger partial charge in [0.1, 0.15) is 17.3 Å². The number of hydrogen-bond donors (Lipinski definition) is 1. The first-order valence-corrected chi connectivity index (χ1v) is 15.5. The molecule has 1 amide bonds. The molecule has 7 rings (SSSR count). The molecule has 3 aromatic heterocycles. The van der Waals surface area contributed by atoms with E-state index in [0.29, 0.717) is 49.7 Å². The van der Waals surface area contributed by atoms with Crippen molar-refractivity contribution in [3.8, 4) is 22.6 Å². The minimum atomic E-state index is -0.798. The number of pyridine rings is 1. The van der Waals surface area contributed by atoms with Gasteiger partial charge in [0.25, 0.3) is 0 Å². The van der Waals surface area contributed by atoms with Gasteiger partial charge in [-0.05, 0) is 48.7 Å². The molecule has 5 aromatic rings. The summed E-state index contributed by atoms with van der Waals surface area (Å²) in [5.74, 6) is -1.47. The zero-order valence-corrected chi connectivity index (χ0v) is 26.2. The van der Waals surface area contributed by atoms with Crippen LogP contribution in [0.25, 0.3) is 33.7 Å². The van der Waals surface area contributed by atoms with Crippen molar-refractivity contribution in [3.63, 3.8) is 0 Å². The minimum absolute atomic E-state index is 0.0132. The summed E-state index contributed by atoms with van der Waals surface area (Å²) >= 11 is 0. The maximum Gasteiger partial charge on any atom is 0.355 e. The maximum absolute atomic E-state index is 16.5. The third-order valence-corrected chi connectivity index (χ3v) is 8.81. The van der Waals surface area contributed by atoms with E-state index in [1.807, 2.05) is 43.9 Å². The summed E-state index contributed by atoms with van der Waals surface area (Å²) in [6.07, 6.45) is 3.44. The number of nitrogens with one attached hydrogen (secondary N) is 1. The Labute approximate surface area is 269 Å². The number of aromatic nitrogens is 6. The normalized spacial score (nSPS) is 16.1. The lowest BCUT2D eigenvalue weighted by atomic mass is 9.99. The number of carbonyl (C=O) groups excluding carboxylic acids is 1. The van der Waals surface area contributed by atoms with Gasteiger partial charge in [-0.3, -0.25) is 4.79 Å². The van der Waals surface area contributed by atoms with E-state index in [2.05, 4.69) is 27.2 Å². The molecule has 2 aliphatic heterocycles. The molecule has 1 atom stereocenters. The Morgan fingerprint density at radius 2 is 1.91 bits per heavy atom. The number of fused-ring (bicyclic) bond motifs is 8. The van der Waals surface area contributed by atoms with Crippen LogP contribution in [0.2, 0.25) is 0 Å². The number of amides is 1. The predicted octanol–water partition coefficient (Wildman–Crippen LogP) is 4.62. The lowest BCUT2D eigenvalue weighted by Gasteiger charge is -2.40. The van der Waals surface area contributed by atoms with Gasteiger partial charge in [-0.25, -0.2) is 27.8 Å². The van der Waals surface area contributed by atoms with E-state index in [1.54, 1.807) is 17.2 Å². The van der Waals surface area contributed by atoms with Crippen LogP contribution >= 0.6 is 0 Å². The smallest absolute Gasteiger partial charge is 0.355 e. The zero-order chi connectivity index (χ0) is 33.0. The largest absolute Gasteiger partial charge is 0.383 e. The SMILES string of the molecule is C=CC(=O)N1CCN(c2nc(=O)n3c4nc(c(F)cc24)-c2c(F)cccc2-n2cc(nn2)CCNc2cccc(C(C)C)c2-3)[C@@H](C)C1. The number of hydrogen-bond acceptors (Lipinski definition) is 8. The van der Waals surface area contributed by atoms with Gasteiger partial charge in [-0.1, -0.05) is 43.8 Å². The number of piperazine rings is 1. The first kappa shape index (κ1) is 30.2. The lowest BCUT2D eigenvalue weighted by molar-refractivity contribution is -0.126. The molecule has 0 aliphatic carbocycles. The van der Waals surface area contributed by atoms with Crippen molar-refractivity contribution in [2.75, 3.05) is 36.4 Å². The highest BCUT2D eigenvalue weighted by molar-refractivity contribution is 5.92. The number of para-hydroxylation sites is 1. The third-order valence-electron chi connectivity index (χ3n) is 8.81. The van der Waals surface area contributed by atoms with E-state index in [4.69, 9.17) is 4.98 Å². The fourth-order valence-corrected chi connectivity index (χ4v) is 6.52. The molecule has 240 valence electrons. The Morgan fingerprint density at radius 1 is 1.11 bits per heavy atom. The molecule has 0 saturated carbocycles. The van der Waals surface area contributed by atoms with Crippen molar-refractivity contribution in [3.05, 3.63) is 94.7 Å². The maximum atomic E-state index is 16.5. The number of nitrogens with zero attached hydrogens (tertiary/aromatic N) is 8. The molecule has 2 aliphatic rings. The van der Waals surface area contributed by atoms with Crippen molar-refractivity contribution in [2.24, 2.45) is 0 Å². The van der Waals surface area contributed by atoms with Crippen LogP contribution in [0.5, 0.6) is 0 Å². The predicted molar refractivity (Wildman–Crippen MR) is 175 cm³/mol. The number of rotatable bonds is 3. The molecule has 1 fully saturated rings. The topological polar surface area (TPSA) is 114 Å². The summed E-state index contributed by atoms with van der Waals surface area (Å²) in [6.45, 7) is 11.1. The number of halogens is 2. The van der Waals surface area contributed by atoms with Gasteiger partial charge >= 0.3 is 5.69 Å². The molecule has 4 bridgehead atoms. The number of benzene rings is 2. The van der Waals surface area contributed by atoms with Gasteiger partial charge in [-0.2, -0.15) is 4.98 Å². The molecule has 0 unspecified atom stereocenters. The van der Waals surface area contributed by atoms with Crippen molar-refractivity contribution in [2.45, 2.75) is 39.2 Å². The molecule has 47 heavy (non-hydrogen) atoms. The van der Waals surface area contributed by atoms with E-state index in [-0.39, 0.29) is 51.7 Å². The van der Waals surface area contributed by atoms with E-state index in [0.717, 1.165) is 5.56 Å². The molecule has 13 heteroatoms. The van der Waals surface area contributed by atoms with Gasteiger partial charge in [-0.15, -0.1) is 5.10 Å². The quantitative estimate of drug-likeness (QED) is 0.285. The van der Waals surface area contributed by atoms with Crippen LogP contribution in [0, 0.1) is 11.6 Å². The molecule has 5 heterocycles. The van der Waals surface area contributed by atoms with E-state index in [9.17, 15) is 9.59 Å². The Bertz CT molecular complexity index is 2120. The zero-order valence-electron chi connectivity index (χ0n) is 26.2. The highest BCUT2D eigenvalue weighted by Gasteiger charge is 2.31. The van der Waals surface area contributed by atoms with Crippen LogP contribution in [0.4, 0.5) is 20.3 Å². The second-order valence-corrected chi connectivity index (χ2v) is 12.1. The van der Waals surface area contributed by atoms with Gasteiger partial charge in [0.2, 0.25) is 5.91 Å². The standard InChI is InChI=1S/C34H33F2N9O2/c1-5-28(46)42-14-15-43(20(4)17-42)32-23-16-25(36)30-29-24(35)9-7-11-27(29)44-18-21(40-41-44)12-13-37-26-10-6-8-22(19(2)3)31(26)45(33(23)38-30)34(47)39-32/h5-11,16,18-20,37H,1,12-15,17H2,2-4H3/t20-/m0/s1. The summed E-state index contributed by atoms with van der Waals surface area (Å²) in [4.78, 5) is 39.6. The van der Waals surface area contributed by atoms with Gasteiger partial charge in [0.05, 0.1) is 39.9 Å². The van der Waals surface area contributed by atoms with Crippen molar-refractivity contribution < 1.29 is 13.6 Å². The van der Waals surface area contributed by atoms with Crippen LogP contribution in [-0.2, 0) is 11.2 Å². The van der Waals surface area contributed by atoms with Gasteiger partial charge < -0.3 is 15.1 Å². The van der Waals surface area contributed by atoms with E-state index in [1.165, 1.54) is 33.5 Å². The fraction of sp³-hybridized carbons (Fsp3) is 0.294. The second-order valence-electron chi connectivity index (χ2n) is 12.1. The molecule has 1 saturated heterocycles. The number of carbonyl (C=O) groups is 1. The highest BCUT2D eigenvalue weighted by Crippen LogP contribution is 2.37. The molecular weight excluding hydrogens is 604 g/mol. The summed E-state index contributed by atoms with van der Waals surface area (Å²) in [5.41, 5.74) is 2.03. The van der Waals surface area contributed by atoms with Gasteiger partial charge in [0.15, 0.2) is 11.5 Å². The molecule has 0 spiro atoms. The van der Waals surface area contributed by atoms with Crippen LogP contribution in [-0.4, -0.2) is 72.6 Å². The summed E-state index contributed by atoms with van der Waals surface area (Å²) < 4.78 is 35.1. The fourth-order valence-electron chi connectivity index (χ4n) is 6.52. The van der Waals surface area contributed by atoms with Gasteiger partial charge in [0, 0.05) is 38.6 Å². The Hall–Kier alpha value is -5.46. The summed E-state index contributed by atoms with van der Waals surface area (Å²) in [7, 11) is 0. The van der Waals surface area contributed by atoms with Crippen molar-refractivity contribution in [1.82, 2.24) is 34.4 Å². The van der Waals surface area contributed by atoms with E-state index < -0.39 is 17.3 Å². The average molecular weight is 638 g/mol. The first-order valence-electron chi connectivity index (χ1n) is 15.5. The Kier molecular flexibility index (Phi) is 7.53. The first-order chi connectivity index (χ1) is 22.7. The molecule has 0 radical (unpaired) electrons. The van der Waals surface area contributed by atoms with Crippen LogP contribution in [0.1, 0.15) is 37.9 Å². The molecular formula is C34H33F2N9O2. The summed E-state index contributed by atoms with van der Waals surface area (Å²) in [5, 5.41) is 12.2. The Morgan fingerprint density at radius 3 is 2.68 bits per heavy atom. The van der Waals surface area contributed by atoms with Crippen LogP contribution in [0.3, 0.4) is 0 Å². The number of anilines is 2. The van der Waals surface area contributed by atoms with Crippen molar-refractivity contribution in [1.29, 1.82) is 0 Å². The third kappa shape index (κ3) is 5.11. The monoisotopic (exact) mass is 637 g/mol. The lowest BCUT2D eigenvalue weighted by Crippen LogP contribution is -2.54. The molecule has 1 N–H and O–H groups in total. The Balaban J connectivity index is 1.56. The van der Waals surface area contributed by atoms with Crippen LogP contribution < -0.4 is 15.9 Å². The minimum Gasteiger partial charge on any atom is -0.383 e. The average Bonchev–Trinajstić information content (AvgIpc) is 3.52. The highest BCUT2D eigenvalue weighted by atomic mass is 19.1. The second kappa shape index (κ2) is 11.7. The van der Waals surface area contributed by atoms with Crippen molar-refractivity contribution >= 4 is 28.4 Å². The summed E-state index contributed by atoms with van der Waals surface area (Å²) in [6, 6.07) is 11.1.